The SMILES string of the molecule is CCCNC(C(C)CCOC)C1(N(C)C)CCCC(C)C1. The molecule has 0 aromatic carbocycles. The van der Waals surface area contributed by atoms with Crippen LogP contribution in [-0.4, -0.2) is 50.8 Å². The summed E-state index contributed by atoms with van der Waals surface area (Å²) >= 11 is 0. The van der Waals surface area contributed by atoms with E-state index in [0.29, 0.717) is 17.5 Å². The highest BCUT2D eigenvalue weighted by Crippen LogP contribution is 2.40. The minimum absolute atomic E-state index is 0.306. The van der Waals surface area contributed by atoms with Gasteiger partial charge in [0.05, 0.1) is 0 Å². The number of hydrogen-bond donors (Lipinski definition) is 1. The molecule has 1 aliphatic rings. The van der Waals surface area contributed by atoms with E-state index in [-0.39, 0.29) is 0 Å². The van der Waals surface area contributed by atoms with Crippen molar-refractivity contribution in [1.82, 2.24) is 10.2 Å². The summed E-state index contributed by atoms with van der Waals surface area (Å²) in [5.74, 6) is 1.48. The second-order valence-electron chi connectivity index (χ2n) is 7.39. The van der Waals surface area contributed by atoms with Gasteiger partial charge in [-0.15, -0.1) is 0 Å². The molecule has 1 saturated carbocycles. The molecule has 0 radical (unpaired) electrons. The van der Waals surface area contributed by atoms with Gasteiger partial charge in [0, 0.05) is 25.3 Å². The largest absolute Gasteiger partial charge is 0.385 e. The zero-order valence-corrected chi connectivity index (χ0v) is 15.2. The van der Waals surface area contributed by atoms with Crippen LogP contribution in [0.25, 0.3) is 0 Å². The highest BCUT2D eigenvalue weighted by molar-refractivity contribution is 5.03. The Labute approximate surface area is 132 Å². The predicted octanol–water partition coefficient (Wildman–Crippen LogP) is 3.54. The molecule has 0 amide bonds. The van der Waals surface area contributed by atoms with Gasteiger partial charge in [0.15, 0.2) is 0 Å². The molecule has 0 spiro atoms. The van der Waals surface area contributed by atoms with Crippen molar-refractivity contribution in [2.45, 2.75) is 70.9 Å². The van der Waals surface area contributed by atoms with Gasteiger partial charge in [0.1, 0.15) is 0 Å². The van der Waals surface area contributed by atoms with Gasteiger partial charge in [0.25, 0.3) is 0 Å². The van der Waals surface area contributed by atoms with Crippen LogP contribution < -0.4 is 5.32 Å². The number of likely N-dealkylation sites (N-methyl/N-ethyl adjacent to an activating group) is 1. The molecule has 4 atom stereocenters. The van der Waals surface area contributed by atoms with Gasteiger partial charge in [-0.25, -0.2) is 0 Å². The van der Waals surface area contributed by atoms with Gasteiger partial charge < -0.3 is 15.0 Å². The first-order chi connectivity index (χ1) is 9.97. The second kappa shape index (κ2) is 9.12. The third kappa shape index (κ3) is 4.94. The van der Waals surface area contributed by atoms with Crippen molar-refractivity contribution in [3.8, 4) is 0 Å². The van der Waals surface area contributed by atoms with Crippen molar-refractivity contribution in [2.24, 2.45) is 11.8 Å². The minimum atomic E-state index is 0.306. The summed E-state index contributed by atoms with van der Waals surface area (Å²) < 4.78 is 5.33. The molecule has 3 nitrogen and oxygen atoms in total. The Morgan fingerprint density at radius 2 is 2.10 bits per heavy atom. The van der Waals surface area contributed by atoms with Gasteiger partial charge in [-0.1, -0.05) is 33.6 Å². The Bertz CT molecular complexity index is 282. The molecule has 1 fully saturated rings. The highest BCUT2D eigenvalue weighted by atomic mass is 16.5. The number of rotatable bonds is 9. The maximum atomic E-state index is 5.33. The lowest BCUT2D eigenvalue weighted by Crippen LogP contribution is -2.63. The van der Waals surface area contributed by atoms with E-state index in [1.54, 1.807) is 0 Å². The van der Waals surface area contributed by atoms with Crippen LogP contribution in [0.5, 0.6) is 0 Å². The molecule has 126 valence electrons. The summed E-state index contributed by atoms with van der Waals surface area (Å²) in [6, 6.07) is 0.561. The van der Waals surface area contributed by atoms with Crippen molar-refractivity contribution in [1.29, 1.82) is 0 Å². The van der Waals surface area contributed by atoms with Crippen LogP contribution in [0.3, 0.4) is 0 Å². The summed E-state index contributed by atoms with van der Waals surface area (Å²) in [6.45, 7) is 9.07. The Kier molecular flexibility index (Phi) is 8.22. The summed E-state index contributed by atoms with van der Waals surface area (Å²) in [4.78, 5) is 2.51. The van der Waals surface area contributed by atoms with Gasteiger partial charge >= 0.3 is 0 Å². The maximum absolute atomic E-state index is 5.33. The molecule has 3 heteroatoms. The predicted molar refractivity (Wildman–Crippen MR) is 91.8 cm³/mol. The van der Waals surface area contributed by atoms with Crippen molar-refractivity contribution >= 4 is 0 Å². The van der Waals surface area contributed by atoms with Gasteiger partial charge in [-0.05, 0) is 58.2 Å². The van der Waals surface area contributed by atoms with E-state index < -0.39 is 0 Å². The molecule has 0 aliphatic heterocycles. The lowest BCUT2D eigenvalue weighted by Gasteiger charge is -2.52. The lowest BCUT2D eigenvalue weighted by molar-refractivity contribution is 0.0128. The van der Waals surface area contributed by atoms with Crippen LogP contribution in [0.4, 0.5) is 0 Å². The molecule has 21 heavy (non-hydrogen) atoms. The van der Waals surface area contributed by atoms with Crippen molar-refractivity contribution < 1.29 is 4.74 Å². The zero-order chi connectivity index (χ0) is 15.9. The zero-order valence-electron chi connectivity index (χ0n) is 15.2. The summed E-state index contributed by atoms with van der Waals surface area (Å²) in [6.07, 6.45) is 7.74. The van der Waals surface area contributed by atoms with Crippen LogP contribution in [0.15, 0.2) is 0 Å². The van der Waals surface area contributed by atoms with Gasteiger partial charge in [0.2, 0.25) is 0 Å². The summed E-state index contributed by atoms with van der Waals surface area (Å²) in [7, 11) is 6.37. The van der Waals surface area contributed by atoms with E-state index in [9.17, 15) is 0 Å². The van der Waals surface area contributed by atoms with Crippen molar-refractivity contribution in [3.05, 3.63) is 0 Å². The average Bonchev–Trinajstić information content (AvgIpc) is 2.45. The molecule has 1 N–H and O–H groups in total. The van der Waals surface area contributed by atoms with Crippen LogP contribution in [0, 0.1) is 11.8 Å². The molecule has 0 bridgehead atoms. The smallest absolute Gasteiger partial charge is 0.0465 e. The average molecular weight is 299 g/mol. The fourth-order valence-electron chi connectivity index (χ4n) is 4.22. The lowest BCUT2D eigenvalue weighted by atomic mass is 9.68. The first kappa shape index (κ1) is 18.9. The number of hydrogen-bond acceptors (Lipinski definition) is 3. The van der Waals surface area contributed by atoms with E-state index in [0.717, 1.165) is 25.5 Å². The number of nitrogens with one attached hydrogen (secondary N) is 1. The van der Waals surface area contributed by atoms with E-state index >= 15 is 0 Å². The molecule has 0 aromatic rings. The Balaban J connectivity index is 2.93. The summed E-state index contributed by atoms with van der Waals surface area (Å²) in [5.41, 5.74) is 0.306. The Morgan fingerprint density at radius 3 is 2.62 bits per heavy atom. The fraction of sp³-hybridized carbons (Fsp3) is 1.00. The summed E-state index contributed by atoms with van der Waals surface area (Å²) in [5, 5.41) is 3.89. The van der Waals surface area contributed by atoms with Crippen LogP contribution in [0.2, 0.25) is 0 Å². The van der Waals surface area contributed by atoms with Crippen LogP contribution in [0.1, 0.15) is 59.3 Å². The molecule has 4 unspecified atom stereocenters. The standard InChI is InChI=1S/C18H38N2O/c1-7-12-19-17(16(3)10-13-21-6)18(20(4)5)11-8-9-15(2)14-18/h15-17,19H,7-14H2,1-6H3. The normalized spacial score (nSPS) is 29.6. The minimum Gasteiger partial charge on any atom is -0.385 e. The Hall–Kier alpha value is -0.120. The van der Waals surface area contributed by atoms with E-state index in [2.05, 4.69) is 45.1 Å². The maximum Gasteiger partial charge on any atom is 0.0465 e. The van der Waals surface area contributed by atoms with Gasteiger partial charge in [-0.3, -0.25) is 0 Å². The van der Waals surface area contributed by atoms with Crippen molar-refractivity contribution in [2.75, 3.05) is 34.4 Å². The van der Waals surface area contributed by atoms with E-state index in [1.165, 1.54) is 32.1 Å². The van der Waals surface area contributed by atoms with E-state index in [1.807, 2.05) is 7.11 Å². The molecule has 1 rings (SSSR count). The monoisotopic (exact) mass is 298 g/mol. The topological polar surface area (TPSA) is 24.5 Å². The third-order valence-corrected chi connectivity index (χ3v) is 5.44. The van der Waals surface area contributed by atoms with Crippen LogP contribution in [-0.2, 0) is 4.74 Å². The highest BCUT2D eigenvalue weighted by Gasteiger charge is 2.45. The molecular weight excluding hydrogens is 260 g/mol. The quantitative estimate of drug-likeness (QED) is 0.704. The molecule has 0 heterocycles. The van der Waals surface area contributed by atoms with E-state index in [4.69, 9.17) is 4.74 Å². The fourth-order valence-corrected chi connectivity index (χ4v) is 4.22. The first-order valence-electron chi connectivity index (χ1n) is 8.87. The number of nitrogens with zero attached hydrogens (tertiary/aromatic N) is 1. The third-order valence-electron chi connectivity index (χ3n) is 5.44. The molecule has 0 aromatic heterocycles. The second-order valence-corrected chi connectivity index (χ2v) is 7.39. The number of ether oxygens (including phenoxy) is 1. The first-order valence-corrected chi connectivity index (χ1v) is 8.87. The van der Waals surface area contributed by atoms with Crippen molar-refractivity contribution in [3.63, 3.8) is 0 Å². The van der Waals surface area contributed by atoms with Crippen LogP contribution >= 0.6 is 0 Å². The molecule has 0 saturated heterocycles. The molecular formula is C18H38N2O. The molecule has 1 aliphatic carbocycles. The Morgan fingerprint density at radius 1 is 1.38 bits per heavy atom. The van der Waals surface area contributed by atoms with Gasteiger partial charge in [-0.2, -0.15) is 0 Å². The number of methoxy groups -OCH3 is 1.